The standard InChI is InChI=1S/C8H9Br2N3O2/c1-12(2)6(14)4-13-8(15)7(10)5(9)3-11-13/h3H,4H2,1-2H3. The third kappa shape index (κ3) is 2.88. The Balaban J connectivity index is 3.03. The van der Waals surface area contributed by atoms with Crippen LogP contribution in [0.15, 0.2) is 19.9 Å². The van der Waals surface area contributed by atoms with E-state index in [1.807, 2.05) is 0 Å². The number of carbonyl (C=O) groups is 1. The number of aromatic nitrogens is 2. The summed E-state index contributed by atoms with van der Waals surface area (Å²) in [5, 5.41) is 3.84. The summed E-state index contributed by atoms with van der Waals surface area (Å²) in [5.41, 5.74) is -0.334. The number of halogens is 2. The molecule has 7 heteroatoms. The van der Waals surface area contributed by atoms with Crippen molar-refractivity contribution in [1.82, 2.24) is 14.7 Å². The first-order chi connectivity index (χ1) is 6.93. The van der Waals surface area contributed by atoms with E-state index in [1.165, 1.54) is 11.1 Å². The first-order valence-electron chi connectivity index (χ1n) is 4.04. The third-order valence-electron chi connectivity index (χ3n) is 1.73. The van der Waals surface area contributed by atoms with E-state index < -0.39 is 0 Å². The molecule has 0 bridgehead atoms. The van der Waals surface area contributed by atoms with E-state index in [9.17, 15) is 9.59 Å². The Labute approximate surface area is 103 Å². The van der Waals surface area contributed by atoms with Gasteiger partial charge in [0.05, 0.1) is 10.7 Å². The molecule has 0 aromatic carbocycles. The summed E-state index contributed by atoms with van der Waals surface area (Å²) in [7, 11) is 3.25. The lowest BCUT2D eigenvalue weighted by Crippen LogP contribution is -2.33. The summed E-state index contributed by atoms with van der Waals surface area (Å²) in [4.78, 5) is 24.4. The van der Waals surface area contributed by atoms with Crippen LogP contribution in [0.5, 0.6) is 0 Å². The molecule has 0 saturated heterocycles. The molecule has 1 aromatic rings. The minimum atomic E-state index is -0.334. The van der Waals surface area contributed by atoms with Gasteiger partial charge in [0.2, 0.25) is 5.91 Å². The molecule has 0 atom stereocenters. The van der Waals surface area contributed by atoms with Gasteiger partial charge in [-0.05, 0) is 31.9 Å². The normalized spacial score (nSPS) is 10.1. The van der Waals surface area contributed by atoms with Gasteiger partial charge in [-0.1, -0.05) is 0 Å². The fraction of sp³-hybridized carbons (Fsp3) is 0.375. The number of hydrogen-bond acceptors (Lipinski definition) is 3. The van der Waals surface area contributed by atoms with Crippen molar-refractivity contribution >= 4 is 37.8 Å². The van der Waals surface area contributed by atoms with Crippen molar-refractivity contribution in [1.29, 1.82) is 0 Å². The maximum atomic E-state index is 11.6. The highest BCUT2D eigenvalue weighted by molar-refractivity contribution is 9.13. The number of rotatable bonds is 2. The molecular formula is C8H9Br2N3O2. The molecule has 1 amide bonds. The van der Waals surface area contributed by atoms with E-state index in [0.717, 1.165) is 4.68 Å². The number of amides is 1. The molecule has 0 saturated carbocycles. The molecule has 0 aliphatic rings. The van der Waals surface area contributed by atoms with E-state index in [4.69, 9.17) is 0 Å². The lowest BCUT2D eigenvalue weighted by molar-refractivity contribution is -0.129. The zero-order valence-corrected chi connectivity index (χ0v) is 11.4. The molecule has 1 rings (SSSR count). The van der Waals surface area contributed by atoms with E-state index in [2.05, 4.69) is 37.0 Å². The summed E-state index contributed by atoms with van der Waals surface area (Å²) in [6.45, 7) is -0.0578. The van der Waals surface area contributed by atoms with Gasteiger partial charge in [-0.15, -0.1) is 0 Å². The van der Waals surface area contributed by atoms with Crippen molar-refractivity contribution in [3.05, 3.63) is 25.5 Å². The van der Waals surface area contributed by atoms with Crippen LogP contribution in [0, 0.1) is 0 Å². The lowest BCUT2D eigenvalue weighted by atomic mass is 10.5. The van der Waals surface area contributed by atoms with Crippen molar-refractivity contribution in [3.8, 4) is 0 Å². The fourth-order valence-corrected chi connectivity index (χ4v) is 1.40. The molecule has 15 heavy (non-hydrogen) atoms. The highest BCUT2D eigenvalue weighted by Gasteiger charge is 2.10. The van der Waals surface area contributed by atoms with Gasteiger partial charge in [0.1, 0.15) is 11.0 Å². The Morgan fingerprint density at radius 3 is 2.67 bits per heavy atom. The Morgan fingerprint density at radius 2 is 2.13 bits per heavy atom. The van der Waals surface area contributed by atoms with Crippen molar-refractivity contribution in [2.24, 2.45) is 0 Å². The minimum Gasteiger partial charge on any atom is -0.347 e. The Morgan fingerprint density at radius 1 is 1.53 bits per heavy atom. The van der Waals surface area contributed by atoms with Gasteiger partial charge in [0.15, 0.2) is 0 Å². The van der Waals surface area contributed by atoms with Crippen molar-refractivity contribution in [2.75, 3.05) is 14.1 Å². The van der Waals surface area contributed by atoms with Gasteiger partial charge in [-0.3, -0.25) is 9.59 Å². The predicted molar refractivity (Wildman–Crippen MR) is 62.6 cm³/mol. The quantitative estimate of drug-likeness (QED) is 0.803. The van der Waals surface area contributed by atoms with Gasteiger partial charge < -0.3 is 4.90 Å². The van der Waals surface area contributed by atoms with Gasteiger partial charge in [-0.25, -0.2) is 4.68 Å². The van der Waals surface area contributed by atoms with Crippen molar-refractivity contribution in [2.45, 2.75) is 6.54 Å². The van der Waals surface area contributed by atoms with Crippen molar-refractivity contribution in [3.63, 3.8) is 0 Å². The molecule has 0 aliphatic carbocycles. The van der Waals surface area contributed by atoms with Crippen LogP contribution in [-0.2, 0) is 11.3 Å². The van der Waals surface area contributed by atoms with Crippen LogP contribution < -0.4 is 5.56 Å². The number of nitrogens with zero attached hydrogens (tertiary/aromatic N) is 3. The average molecular weight is 339 g/mol. The number of hydrogen-bond donors (Lipinski definition) is 0. The Hall–Kier alpha value is -0.690. The highest BCUT2D eigenvalue weighted by Crippen LogP contribution is 2.16. The molecule has 0 aliphatic heterocycles. The van der Waals surface area contributed by atoms with Crippen LogP contribution in [-0.4, -0.2) is 34.7 Å². The maximum absolute atomic E-state index is 11.6. The number of likely N-dealkylation sites (N-methyl/N-ethyl adjacent to an activating group) is 1. The summed E-state index contributed by atoms with van der Waals surface area (Å²) in [6.07, 6.45) is 1.47. The van der Waals surface area contributed by atoms with Crippen LogP contribution in [0.1, 0.15) is 0 Å². The topological polar surface area (TPSA) is 55.2 Å². The SMILES string of the molecule is CN(C)C(=O)Cn1ncc(Br)c(Br)c1=O. The molecule has 82 valence electrons. The second kappa shape index (κ2) is 4.89. The molecule has 0 fully saturated rings. The molecular weight excluding hydrogens is 330 g/mol. The molecule has 1 aromatic heterocycles. The van der Waals surface area contributed by atoms with Gasteiger partial charge in [0, 0.05) is 14.1 Å². The minimum absolute atomic E-state index is 0.0578. The van der Waals surface area contributed by atoms with E-state index in [0.29, 0.717) is 8.95 Å². The second-order valence-corrected chi connectivity index (χ2v) is 4.70. The zero-order valence-electron chi connectivity index (χ0n) is 8.20. The molecule has 0 N–H and O–H groups in total. The smallest absolute Gasteiger partial charge is 0.282 e. The monoisotopic (exact) mass is 337 g/mol. The van der Waals surface area contributed by atoms with E-state index in [1.54, 1.807) is 14.1 Å². The second-order valence-electron chi connectivity index (χ2n) is 3.06. The van der Waals surface area contributed by atoms with Crippen molar-refractivity contribution < 1.29 is 4.79 Å². The van der Waals surface area contributed by atoms with Crippen LogP contribution in [0.25, 0.3) is 0 Å². The summed E-state index contributed by atoms with van der Waals surface area (Å²) < 4.78 is 2.04. The first-order valence-corrected chi connectivity index (χ1v) is 5.63. The highest BCUT2D eigenvalue weighted by atomic mass is 79.9. The summed E-state index contributed by atoms with van der Waals surface area (Å²) in [5.74, 6) is -0.182. The summed E-state index contributed by atoms with van der Waals surface area (Å²) >= 11 is 6.27. The molecule has 1 heterocycles. The van der Waals surface area contributed by atoms with Crippen LogP contribution in [0.3, 0.4) is 0 Å². The first kappa shape index (κ1) is 12.4. The third-order valence-corrected chi connectivity index (χ3v) is 3.63. The largest absolute Gasteiger partial charge is 0.347 e. The predicted octanol–water partition coefficient (Wildman–Crippen LogP) is 0.856. The Kier molecular flexibility index (Phi) is 4.04. The molecule has 0 spiro atoms. The summed E-state index contributed by atoms with van der Waals surface area (Å²) in [6, 6.07) is 0. The lowest BCUT2D eigenvalue weighted by Gasteiger charge is -2.10. The maximum Gasteiger partial charge on any atom is 0.282 e. The van der Waals surface area contributed by atoms with Crippen LogP contribution in [0.4, 0.5) is 0 Å². The average Bonchev–Trinajstić information content (AvgIpc) is 2.18. The fourth-order valence-electron chi connectivity index (χ4n) is 0.827. The zero-order chi connectivity index (χ0) is 11.6. The van der Waals surface area contributed by atoms with E-state index >= 15 is 0 Å². The van der Waals surface area contributed by atoms with E-state index in [-0.39, 0.29) is 18.0 Å². The van der Waals surface area contributed by atoms with Gasteiger partial charge in [0.25, 0.3) is 5.56 Å². The molecule has 0 radical (unpaired) electrons. The molecule has 5 nitrogen and oxygen atoms in total. The van der Waals surface area contributed by atoms with Crippen LogP contribution >= 0.6 is 31.9 Å². The van der Waals surface area contributed by atoms with Crippen LogP contribution in [0.2, 0.25) is 0 Å². The molecule has 0 unspecified atom stereocenters. The number of carbonyl (C=O) groups excluding carboxylic acids is 1. The Bertz CT molecular complexity index is 442. The van der Waals surface area contributed by atoms with Gasteiger partial charge in [-0.2, -0.15) is 5.10 Å². The van der Waals surface area contributed by atoms with Gasteiger partial charge >= 0.3 is 0 Å².